The Bertz CT molecular complexity index is 1220. The average molecular weight is 437 g/mol. The van der Waals surface area contributed by atoms with Gasteiger partial charge >= 0.3 is 0 Å². The standard InChI is InChI=1S/C24H24FN3O4/c1-24(2,3)26-21(29)20-19-8-10-27(22(30)15-9-11-32-14-15)12-16(19)13-28(23(20)31)18-6-4-17(25)5-7-18/h4-7,9,11,13-14H,8,10,12H2,1-3H3,(H,26,29). The molecule has 1 aliphatic heterocycles. The molecule has 8 heteroatoms. The van der Waals surface area contributed by atoms with Gasteiger partial charge in [0.2, 0.25) is 0 Å². The Kier molecular flexibility index (Phi) is 5.46. The normalized spacial score (nSPS) is 13.6. The number of benzene rings is 1. The Morgan fingerprint density at radius 1 is 1.12 bits per heavy atom. The van der Waals surface area contributed by atoms with Crippen LogP contribution in [0.1, 0.15) is 52.6 Å². The van der Waals surface area contributed by atoms with Crippen LogP contribution < -0.4 is 10.9 Å². The molecule has 0 aliphatic carbocycles. The van der Waals surface area contributed by atoms with Crippen LogP contribution in [0.4, 0.5) is 4.39 Å². The molecule has 3 heterocycles. The fraction of sp³-hybridized carbons (Fsp3) is 0.292. The summed E-state index contributed by atoms with van der Waals surface area (Å²) in [5.74, 6) is -1.09. The number of hydrogen-bond acceptors (Lipinski definition) is 4. The number of rotatable bonds is 3. The summed E-state index contributed by atoms with van der Waals surface area (Å²) in [6.07, 6.45) is 4.82. The lowest BCUT2D eigenvalue weighted by Gasteiger charge is -2.31. The molecule has 0 fully saturated rings. The molecule has 3 aromatic rings. The quantitative estimate of drug-likeness (QED) is 0.682. The predicted molar refractivity (Wildman–Crippen MR) is 116 cm³/mol. The molecule has 7 nitrogen and oxygen atoms in total. The number of hydrogen-bond donors (Lipinski definition) is 1. The number of fused-ring (bicyclic) bond motifs is 1. The number of nitrogens with zero attached hydrogens (tertiary/aromatic N) is 2. The van der Waals surface area contributed by atoms with Crippen LogP contribution in [-0.2, 0) is 13.0 Å². The van der Waals surface area contributed by atoms with E-state index in [1.54, 1.807) is 17.2 Å². The second-order valence-corrected chi connectivity index (χ2v) is 8.85. The van der Waals surface area contributed by atoms with Gasteiger partial charge in [-0.05, 0) is 68.7 Å². The van der Waals surface area contributed by atoms with Crippen LogP contribution >= 0.6 is 0 Å². The largest absolute Gasteiger partial charge is 0.472 e. The average Bonchev–Trinajstić information content (AvgIpc) is 3.26. The predicted octanol–water partition coefficient (Wildman–Crippen LogP) is 3.30. The summed E-state index contributed by atoms with van der Waals surface area (Å²) < 4.78 is 19.8. The number of aromatic nitrogens is 1. The van der Waals surface area contributed by atoms with Crippen molar-refractivity contribution >= 4 is 11.8 Å². The lowest BCUT2D eigenvalue weighted by atomic mass is 9.95. The molecular formula is C24H24FN3O4. The molecule has 2 aromatic heterocycles. The Morgan fingerprint density at radius 3 is 2.47 bits per heavy atom. The van der Waals surface area contributed by atoms with E-state index in [1.165, 1.54) is 41.4 Å². The number of furan rings is 1. The Hall–Kier alpha value is -3.68. The Labute approximate surface area is 184 Å². The lowest BCUT2D eigenvalue weighted by molar-refractivity contribution is 0.0733. The number of carbonyl (C=O) groups excluding carboxylic acids is 2. The summed E-state index contributed by atoms with van der Waals surface area (Å²) >= 11 is 0. The SMILES string of the molecule is CC(C)(C)NC(=O)c1c2c(cn(-c3ccc(F)cc3)c1=O)CN(C(=O)c1ccoc1)CC2. The number of carbonyl (C=O) groups is 2. The summed E-state index contributed by atoms with van der Waals surface area (Å²) in [7, 11) is 0. The zero-order chi connectivity index (χ0) is 23.0. The van der Waals surface area contributed by atoms with Crippen LogP contribution in [0.25, 0.3) is 5.69 Å². The van der Waals surface area contributed by atoms with Crippen molar-refractivity contribution in [3.63, 3.8) is 0 Å². The van der Waals surface area contributed by atoms with Crippen molar-refractivity contribution in [3.8, 4) is 5.69 Å². The van der Waals surface area contributed by atoms with Crippen molar-refractivity contribution < 1.29 is 18.4 Å². The maximum atomic E-state index is 13.4. The Balaban J connectivity index is 1.82. The van der Waals surface area contributed by atoms with Crippen molar-refractivity contribution in [2.45, 2.75) is 39.3 Å². The molecule has 1 N–H and O–H groups in total. The van der Waals surface area contributed by atoms with E-state index in [0.717, 1.165) is 0 Å². The van der Waals surface area contributed by atoms with Gasteiger partial charge in [-0.3, -0.25) is 19.0 Å². The molecule has 0 saturated heterocycles. The van der Waals surface area contributed by atoms with Crippen molar-refractivity contribution in [1.82, 2.24) is 14.8 Å². The van der Waals surface area contributed by atoms with E-state index in [9.17, 15) is 18.8 Å². The van der Waals surface area contributed by atoms with E-state index < -0.39 is 22.8 Å². The van der Waals surface area contributed by atoms with Crippen LogP contribution in [0.5, 0.6) is 0 Å². The summed E-state index contributed by atoms with van der Waals surface area (Å²) in [6, 6.07) is 7.06. The number of halogens is 1. The van der Waals surface area contributed by atoms with E-state index in [-0.39, 0.29) is 18.0 Å². The molecule has 1 aromatic carbocycles. The van der Waals surface area contributed by atoms with Crippen LogP contribution in [0.15, 0.2) is 58.3 Å². The molecule has 166 valence electrons. The number of nitrogens with one attached hydrogen (secondary N) is 1. The zero-order valence-electron chi connectivity index (χ0n) is 18.1. The molecule has 2 amide bonds. The van der Waals surface area contributed by atoms with Crippen molar-refractivity contribution in [1.29, 1.82) is 0 Å². The van der Waals surface area contributed by atoms with E-state index >= 15 is 0 Å². The first-order valence-electron chi connectivity index (χ1n) is 10.3. The molecule has 4 rings (SSSR count). The highest BCUT2D eigenvalue weighted by Crippen LogP contribution is 2.24. The minimum Gasteiger partial charge on any atom is -0.472 e. The first-order valence-corrected chi connectivity index (χ1v) is 10.3. The van der Waals surface area contributed by atoms with Crippen LogP contribution in [0.2, 0.25) is 0 Å². The van der Waals surface area contributed by atoms with Gasteiger partial charge in [0.1, 0.15) is 17.6 Å². The smallest absolute Gasteiger partial charge is 0.268 e. The van der Waals surface area contributed by atoms with Gasteiger partial charge < -0.3 is 14.6 Å². The summed E-state index contributed by atoms with van der Waals surface area (Å²) in [5, 5.41) is 2.87. The monoisotopic (exact) mass is 437 g/mol. The summed E-state index contributed by atoms with van der Waals surface area (Å²) in [5.41, 5.74) is 1.23. The molecule has 0 bridgehead atoms. The third-order valence-electron chi connectivity index (χ3n) is 5.28. The first kappa shape index (κ1) is 21.5. The molecule has 0 unspecified atom stereocenters. The van der Waals surface area contributed by atoms with Gasteiger partial charge in [0.05, 0.1) is 11.8 Å². The lowest BCUT2D eigenvalue weighted by Crippen LogP contribution is -2.45. The van der Waals surface area contributed by atoms with Gasteiger partial charge in [0.25, 0.3) is 17.4 Å². The third kappa shape index (κ3) is 4.21. The van der Waals surface area contributed by atoms with Gasteiger partial charge in [0, 0.05) is 30.5 Å². The van der Waals surface area contributed by atoms with E-state index in [0.29, 0.717) is 35.3 Å². The molecule has 32 heavy (non-hydrogen) atoms. The van der Waals surface area contributed by atoms with Crippen LogP contribution in [-0.4, -0.2) is 33.4 Å². The maximum absolute atomic E-state index is 13.4. The molecule has 0 spiro atoms. The highest BCUT2D eigenvalue weighted by atomic mass is 19.1. The fourth-order valence-electron chi connectivity index (χ4n) is 3.83. The molecular weight excluding hydrogens is 413 g/mol. The van der Waals surface area contributed by atoms with Gasteiger partial charge in [-0.25, -0.2) is 4.39 Å². The third-order valence-corrected chi connectivity index (χ3v) is 5.28. The molecule has 0 atom stereocenters. The first-order chi connectivity index (χ1) is 15.1. The van der Waals surface area contributed by atoms with Crippen molar-refractivity contribution in [3.05, 3.63) is 87.5 Å². The summed E-state index contributed by atoms with van der Waals surface area (Å²) in [6.45, 7) is 6.11. The second-order valence-electron chi connectivity index (χ2n) is 8.85. The zero-order valence-corrected chi connectivity index (χ0v) is 18.1. The van der Waals surface area contributed by atoms with Crippen LogP contribution in [0.3, 0.4) is 0 Å². The number of amides is 2. The second kappa shape index (κ2) is 8.11. The fourth-order valence-corrected chi connectivity index (χ4v) is 3.83. The maximum Gasteiger partial charge on any atom is 0.268 e. The topological polar surface area (TPSA) is 84.5 Å². The highest BCUT2D eigenvalue weighted by Gasteiger charge is 2.30. The van der Waals surface area contributed by atoms with Gasteiger partial charge in [0.15, 0.2) is 0 Å². The Morgan fingerprint density at radius 2 is 1.84 bits per heavy atom. The van der Waals surface area contributed by atoms with Crippen molar-refractivity contribution in [2.75, 3.05) is 6.54 Å². The molecule has 1 aliphatic rings. The van der Waals surface area contributed by atoms with Crippen LogP contribution in [0, 0.1) is 5.82 Å². The van der Waals surface area contributed by atoms with Crippen molar-refractivity contribution in [2.24, 2.45) is 0 Å². The minimum absolute atomic E-state index is 0.0529. The minimum atomic E-state index is -0.537. The molecule has 0 saturated carbocycles. The van der Waals surface area contributed by atoms with Gasteiger partial charge in [-0.2, -0.15) is 0 Å². The van der Waals surface area contributed by atoms with E-state index in [2.05, 4.69) is 5.32 Å². The van der Waals surface area contributed by atoms with E-state index in [1.807, 2.05) is 20.8 Å². The number of pyridine rings is 1. The summed E-state index contributed by atoms with van der Waals surface area (Å²) in [4.78, 5) is 41.0. The van der Waals surface area contributed by atoms with Gasteiger partial charge in [-0.1, -0.05) is 0 Å². The van der Waals surface area contributed by atoms with E-state index in [4.69, 9.17) is 4.42 Å². The van der Waals surface area contributed by atoms with Gasteiger partial charge in [-0.15, -0.1) is 0 Å². The molecule has 0 radical (unpaired) electrons. The highest BCUT2D eigenvalue weighted by molar-refractivity contribution is 5.97.